The fraction of sp³-hybridized carbons (Fsp3) is 0.120. The van der Waals surface area contributed by atoms with Crippen LogP contribution in [0.2, 0.25) is 0 Å². The molecule has 0 saturated carbocycles. The summed E-state index contributed by atoms with van der Waals surface area (Å²) in [6.45, 7) is -0.951. The highest BCUT2D eigenvalue weighted by Crippen LogP contribution is 2.27. The molecule has 0 saturated heterocycles. The van der Waals surface area contributed by atoms with Crippen molar-refractivity contribution in [3.05, 3.63) is 90.5 Å². The van der Waals surface area contributed by atoms with Gasteiger partial charge in [-0.25, -0.2) is 19.0 Å². The Hall–Kier alpha value is -4.54. The quantitative estimate of drug-likeness (QED) is 0.287. The zero-order valence-corrected chi connectivity index (χ0v) is 18.7. The van der Waals surface area contributed by atoms with Crippen molar-refractivity contribution in [3.8, 4) is 16.9 Å². The second kappa shape index (κ2) is 9.61. The minimum Gasteiger partial charge on any atom is -0.359 e. The lowest BCUT2D eigenvalue weighted by Crippen LogP contribution is -2.22. The van der Waals surface area contributed by atoms with Crippen LogP contribution in [0.1, 0.15) is 5.56 Å². The van der Waals surface area contributed by atoms with Gasteiger partial charge in [0.05, 0.1) is 16.9 Å². The predicted molar refractivity (Wildman–Crippen MR) is 128 cm³/mol. The number of nitrogens with zero attached hydrogens (tertiary/aromatic N) is 5. The summed E-state index contributed by atoms with van der Waals surface area (Å²) in [6.07, 6.45) is -0.948. The van der Waals surface area contributed by atoms with Crippen LogP contribution in [-0.4, -0.2) is 37.5 Å². The van der Waals surface area contributed by atoms with Crippen LogP contribution in [-0.2, 0) is 6.54 Å². The number of pyridine rings is 1. The van der Waals surface area contributed by atoms with Gasteiger partial charge in [-0.2, -0.15) is 23.3 Å². The van der Waals surface area contributed by atoms with Gasteiger partial charge in [0.25, 0.3) is 0 Å². The smallest absolute Gasteiger partial charge is 0.359 e. The van der Waals surface area contributed by atoms with E-state index in [-0.39, 0.29) is 17.3 Å². The predicted octanol–water partition coefficient (Wildman–Crippen LogP) is 5.60. The Kier molecular flexibility index (Phi) is 6.19. The van der Waals surface area contributed by atoms with E-state index in [1.54, 1.807) is 35.1 Å². The first-order valence-electron chi connectivity index (χ1n) is 10.9. The number of benzene rings is 2. The largest absolute Gasteiger partial charge is 0.405 e. The maximum absolute atomic E-state index is 13.3. The van der Waals surface area contributed by atoms with E-state index in [0.717, 1.165) is 11.3 Å². The summed E-state index contributed by atoms with van der Waals surface area (Å²) in [4.78, 5) is 13.2. The lowest BCUT2D eigenvalue weighted by atomic mass is 10.1. The number of alkyl halides is 3. The van der Waals surface area contributed by atoms with Crippen molar-refractivity contribution >= 4 is 22.8 Å². The summed E-state index contributed by atoms with van der Waals surface area (Å²) < 4.78 is 53.9. The maximum atomic E-state index is 13.3. The molecule has 182 valence electrons. The van der Waals surface area contributed by atoms with Gasteiger partial charge in [0.15, 0.2) is 5.82 Å². The molecule has 36 heavy (non-hydrogen) atoms. The highest BCUT2D eigenvalue weighted by Gasteiger charge is 2.27. The number of rotatable bonds is 7. The molecule has 3 heterocycles. The SMILES string of the molecule is Fc1ccc(-c2ccc3nc(NCc4cccc(-n5cccn5)c4)nc(NCC(F)(F)F)c3n2)cc1. The third-order valence-electron chi connectivity index (χ3n) is 5.27. The van der Waals surface area contributed by atoms with E-state index in [1.165, 1.54) is 12.1 Å². The number of hydrogen-bond donors (Lipinski definition) is 2. The molecule has 0 atom stereocenters. The molecule has 2 N–H and O–H groups in total. The van der Waals surface area contributed by atoms with Crippen molar-refractivity contribution in [3.63, 3.8) is 0 Å². The topological polar surface area (TPSA) is 80.5 Å². The zero-order valence-electron chi connectivity index (χ0n) is 18.7. The van der Waals surface area contributed by atoms with Crippen LogP contribution >= 0.6 is 0 Å². The molecule has 0 amide bonds. The number of halogens is 4. The maximum Gasteiger partial charge on any atom is 0.405 e. The Morgan fingerprint density at radius 1 is 0.861 bits per heavy atom. The lowest BCUT2D eigenvalue weighted by molar-refractivity contribution is -0.115. The molecular weight excluding hydrogens is 474 g/mol. The summed E-state index contributed by atoms with van der Waals surface area (Å²) in [5.41, 5.74) is 3.36. The monoisotopic (exact) mass is 493 g/mol. The van der Waals surface area contributed by atoms with Crippen LogP contribution in [0, 0.1) is 5.82 Å². The zero-order chi connectivity index (χ0) is 25.1. The first-order valence-corrected chi connectivity index (χ1v) is 10.9. The molecule has 0 unspecified atom stereocenters. The second-order valence-electron chi connectivity index (χ2n) is 7.91. The summed E-state index contributed by atoms with van der Waals surface area (Å²) in [7, 11) is 0. The molecule has 5 rings (SSSR count). The van der Waals surface area contributed by atoms with Crippen LogP contribution in [0.25, 0.3) is 28.0 Å². The van der Waals surface area contributed by atoms with Crippen LogP contribution in [0.5, 0.6) is 0 Å². The van der Waals surface area contributed by atoms with Crippen molar-refractivity contribution in [2.75, 3.05) is 17.2 Å². The molecule has 11 heteroatoms. The average Bonchev–Trinajstić information content (AvgIpc) is 3.41. The van der Waals surface area contributed by atoms with E-state index in [2.05, 4.69) is 30.7 Å². The fourth-order valence-corrected chi connectivity index (χ4v) is 3.59. The first-order chi connectivity index (χ1) is 17.3. The van der Waals surface area contributed by atoms with Gasteiger partial charge in [-0.15, -0.1) is 0 Å². The van der Waals surface area contributed by atoms with Gasteiger partial charge in [-0.1, -0.05) is 12.1 Å². The van der Waals surface area contributed by atoms with Gasteiger partial charge >= 0.3 is 6.18 Å². The molecule has 0 aliphatic heterocycles. The number of fused-ring (bicyclic) bond motifs is 1. The second-order valence-corrected chi connectivity index (χ2v) is 7.91. The lowest BCUT2D eigenvalue weighted by Gasteiger charge is -2.14. The Morgan fingerprint density at radius 2 is 1.69 bits per heavy atom. The normalized spacial score (nSPS) is 11.6. The van der Waals surface area contributed by atoms with E-state index in [0.29, 0.717) is 23.3 Å². The summed E-state index contributed by atoms with van der Waals surface area (Å²) in [5, 5.41) is 9.62. The number of anilines is 2. The van der Waals surface area contributed by atoms with Crippen LogP contribution in [0.4, 0.5) is 29.3 Å². The van der Waals surface area contributed by atoms with Crippen molar-refractivity contribution in [1.82, 2.24) is 24.7 Å². The first kappa shape index (κ1) is 23.2. The Bertz CT molecular complexity index is 1480. The van der Waals surface area contributed by atoms with E-state index in [1.807, 2.05) is 36.5 Å². The number of nitrogens with one attached hydrogen (secondary N) is 2. The molecule has 0 bridgehead atoms. The van der Waals surface area contributed by atoms with Gasteiger partial charge in [-0.05, 0) is 60.2 Å². The van der Waals surface area contributed by atoms with Crippen molar-refractivity contribution in [1.29, 1.82) is 0 Å². The van der Waals surface area contributed by atoms with Gasteiger partial charge in [0.1, 0.15) is 17.9 Å². The van der Waals surface area contributed by atoms with E-state index in [9.17, 15) is 17.6 Å². The van der Waals surface area contributed by atoms with Gasteiger partial charge < -0.3 is 10.6 Å². The van der Waals surface area contributed by atoms with E-state index >= 15 is 0 Å². The molecule has 2 aromatic carbocycles. The molecule has 7 nitrogen and oxygen atoms in total. The Balaban J connectivity index is 1.45. The Morgan fingerprint density at radius 3 is 2.44 bits per heavy atom. The highest BCUT2D eigenvalue weighted by atomic mass is 19.4. The molecule has 3 aromatic heterocycles. The highest BCUT2D eigenvalue weighted by molar-refractivity contribution is 5.88. The number of hydrogen-bond acceptors (Lipinski definition) is 6. The van der Waals surface area contributed by atoms with Crippen molar-refractivity contribution < 1.29 is 17.6 Å². The number of aromatic nitrogens is 5. The molecule has 0 aliphatic rings. The minimum atomic E-state index is -4.45. The third-order valence-corrected chi connectivity index (χ3v) is 5.27. The summed E-state index contributed by atoms with van der Waals surface area (Å²) in [6, 6.07) is 18.4. The molecular formula is C25H19F4N7. The molecule has 5 aromatic rings. The van der Waals surface area contributed by atoms with Crippen LogP contribution in [0.15, 0.2) is 79.1 Å². The van der Waals surface area contributed by atoms with E-state index < -0.39 is 18.5 Å². The van der Waals surface area contributed by atoms with Crippen molar-refractivity contribution in [2.24, 2.45) is 0 Å². The molecule has 0 aliphatic carbocycles. The summed E-state index contributed by atoms with van der Waals surface area (Å²) in [5.74, 6) is -0.316. The van der Waals surface area contributed by atoms with E-state index in [4.69, 9.17) is 0 Å². The minimum absolute atomic E-state index is 0.0610. The average molecular weight is 493 g/mol. The third kappa shape index (κ3) is 5.40. The molecule has 0 radical (unpaired) electrons. The summed E-state index contributed by atoms with van der Waals surface area (Å²) >= 11 is 0. The molecule has 0 fully saturated rings. The van der Waals surface area contributed by atoms with Crippen LogP contribution < -0.4 is 10.6 Å². The fourth-order valence-electron chi connectivity index (χ4n) is 3.59. The molecule has 0 spiro atoms. The van der Waals surface area contributed by atoms with Gasteiger partial charge in [0, 0.05) is 24.5 Å². The Labute approximate surface area is 202 Å². The van der Waals surface area contributed by atoms with Crippen molar-refractivity contribution in [2.45, 2.75) is 12.7 Å². The van der Waals surface area contributed by atoms with Gasteiger partial charge in [0.2, 0.25) is 5.95 Å². The van der Waals surface area contributed by atoms with Crippen LogP contribution in [0.3, 0.4) is 0 Å². The van der Waals surface area contributed by atoms with Gasteiger partial charge in [-0.3, -0.25) is 0 Å². The standard InChI is InChI=1S/C25H19F4N7/c26-18-7-5-17(6-8-18)20-9-10-21-22(33-20)23(31-15-25(27,28)29)35-24(34-21)30-14-16-3-1-4-19(13-16)36-12-2-11-32-36/h1-13H,14-15H2,(H2,30,31,34,35).